The number of amides is 1. The number of methoxy groups -OCH3 is 1. The average molecular weight is 483 g/mol. The van der Waals surface area contributed by atoms with Crippen LogP contribution in [-0.2, 0) is 27.5 Å². The van der Waals surface area contributed by atoms with Gasteiger partial charge in [-0.1, -0.05) is 0 Å². The maximum Gasteiger partial charge on any atom is 0.410 e. The molecule has 9 heteroatoms. The van der Waals surface area contributed by atoms with Crippen molar-refractivity contribution in [1.82, 2.24) is 9.88 Å². The zero-order valence-electron chi connectivity index (χ0n) is 19.5. The van der Waals surface area contributed by atoms with Gasteiger partial charge >= 0.3 is 6.09 Å². The molecule has 34 heavy (non-hydrogen) atoms. The van der Waals surface area contributed by atoms with E-state index in [9.17, 15) is 13.2 Å². The number of nitrogens with one attached hydrogen (secondary N) is 1. The third-order valence-corrected chi connectivity index (χ3v) is 7.62. The van der Waals surface area contributed by atoms with Crippen molar-refractivity contribution in [2.75, 3.05) is 13.7 Å². The summed E-state index contributed by atoms with van der Waals surface area (Å²) >= 11 is 0. The number of carbonyl (C=O) groups is 1. The Kier molecular flexibility index (Phi) is 5.12. The maximum absolute atomic E-state index is 13.5. The Morgan fingerprint density at radius 2 is 1.91 bits per heavy atom. The molecule has 1 amide bonds. The first kappa shape index (κ1) is 22.3. The summed E-state index contributed by atoms with van der Waals surface area (Å²) in [4.78, 5) is 17.6. The molecule has 3 heterocycles. The maximum atomic E-state index is 13.5. The lowest BCUT2D eigenvalue weighted by atomic mass is 10.0. The zero-order valence-corrected chi connectivity index (χ0v) is 20.3. The fraction of sp³-hybridized carbons (Fsp3) is 0.320. The van der Waals surface area contributed by atoms with Crippen LogP contribution in [0.3, 0.4) is 0 Å². The number of nitrogens with zero attached hydrogens (tertiary/aromatic N) is 1. The molecule has 0 bridgehead atoms. The Morgan fingerprint density at radius 1 is 1.12 bits per heavy atom. The van der Waals surface area contributed by atoms with Crippen molar-refractivity contribution < 1.29 is 27.1 Å². The Hall–Kier alpha value is -3.46. The monoisotopic (exact) mass is 482 g/mol. The number of hydrogen-bond donors (Lipinski definition) is 1. The molecular formula is C25H26N2O6S. The van der Waals surface area contributed by atoms with Gasteiger partial charge in [0.25, 0.3) is 0 Å². The van der Waals surface area contributed by atoms with Gasteiger partial charge in [0.05, 0.1) is 23.4 Å². The van der Waals surface area contributed by atoms with Crippen molar-refractivity contribution >= 4 is 37.8 Å². The van der Waals surface area contributed by atoms with Gasteiger partial charge in [-0.15, -0.1) is 0 Å². The largest absolute Gasteiger partial charge is 0.493 e. The van der Waals surface area contributed by atoms with Gasteiger partial charge in [-0.05, 0) is 51.1 Å². The Morgan fingerprint density at radius 3 is 2.65 bits per heavy atom. The van der Waals surface area contributed by atoms with E-state index in [2.05, 4.69) is 4.98 Å². The highest BCUT2D eigenvalue weighted by Crippen LogP contribution is 2.39. The predicted octanol–water partition coefficient (Wildman–Crippen LogP) is 5.05. The van der Waals surface area contributed by atoms with Crippen LogP contribution in [0, 0.1) is 0 Å². The number of H-pyrrole nitrogens is 1. The van der Waals surface area contributed by atoms with E-state index in [4.69, 9.17) is 13.9 Å². The molecule has 4 aromatic rings. The number of sulfone groups is 1. The highest BCUT2D eigenvalue weighted by molar-refractivity contribution is 7.91. The van der Waals surface area contributed by atoms with Crippen molar-refractivity contribution in [1.29, 1.82) is 0 Å². The first-order chi connectivity index (χ1) is 16.1. The molecule has 2 aromatic carbocycles. The van der Waals surface area contributed by atoms with Crippen molar-refractivity contribution in [3.05, 3.63) is 53.9 Å². The minimum Gasteiger partial charge on any atom is -0.493 e. The molecule has 5 rings (SSSR count). The quantitative estimate of drug-likeness (QED) is 0.439. The number of carbonyl (C=O) groups excluding carboxylic acids is 1. The van der Waals surface area contributed by atoms with Crippen molar-refractivity contribution in [2.24, 2.45) is 0 Å². The van der Waals surface area contributed by atoms with Crippen LogP contribution in [0.25, 0.3) is 21.9 Å². The number of aromatic amines is 1. The highest BCUT2D eigenvalue weighted by atomic mass is 32.2. The van der Waals surface area contributed by atoms with E-state index in [1.807, 2.05) is 26.8 Å². The molecule has 178 valence electrons. The van der Waals surface area contributed by atoms with E-state index in [-0.39, 0.29) is 16.3 Å². The molecule has 0 saturated heterocycles. The van der Waals surface area contributed by atoms with Crippen molar-refractivity contribution in [3.8, 4) is 5.75 Å². The topological polar surface area (TPSA) is 102 Å². The lowest BCUT2D eigenvalue weighted by Gasteiger charge is -2.29. The van der Waals surface area contributed by atoms with E-state index < -0.39 is 21.5 Å². The second-order valence-corrected chi connectivity index (χ2v) is 11.3. The lowest BCUT2D eigenvalue weighted by Crippen LogP contribution is -2.39. The van der Waals surface area contributed by atoms with E-state index in [1.165, 1.54) is 13.2 Å². The molecule has 1 aliphatic rings. The minimum absolute atomic E-state index is 0.102. The van der Waals surface area contributed by atoms with Gasteiger partial charge in [-0.3, -0.25) is 0 Å². The summed E-state index contributed by atoms with van der Waals surface area (Å²) in [6.45, 7) is 6.17. The molecular weight excluding hydrogens is 456 g/mol. The van der Waals surface area contributed by atoms with Crippen LogP contribution >= 0.6 is 0 Å². The van der Waals surface area contributed by atoms with Crippen LogP contribution in [0.4, 0.5) is 4.79 Å². The average Bonchev–Trinajstić information content (AvgIpc) is 3.40. The molecule has 0 spiro atoms. The summed E-state index contributed by atoms with van der Waals surface area (Å²) in [6.07, 6.45) is 1.85. The van der Waals surface area contributed by atoms with Crippen LogP contribution in [0.15, 0.2) is 56.8 Å². The van der Waals surface area contributed by atoms with Gasteiger partial charge in [-0.2, -0.15) is 0 Å². The first-order valence-corrected chi connectivity index (χ1v) is 12.5. The van der Waals surface area contributed by atoms with Crippen LogP contribution in [0.1, 0.15) is 32.1 Å². The lowest BCUT2D eigenvalue weighted by molar-refractivity contribution is 0.0220. The Balaban J connectivity index is 1.59. The molecule has 1 N–H and O–H groups in total. The number of benzene rings is 2. The molecule has 0 fully saturated rings. The van der Waals surface area contributed by atoms with E-state index in [0.717, 1.165) is 22.2 Å². The normalized spacial score (nSPS) is 14.4. The fourth-order valence-electron chi connectivity index (χ4n) is 4.25. The second-order valence-electron chi connectivity index (χ2n) is 9.39. The molecule has 0 aliphatic carbocycles. The summed E-state index contributed by atoms with van der Waals surface area (Å²) in [5, 5.41) is 1.42. The summed E-state index contributed by atoms with van der Waals surface area (Å²) in [7, 11) is -2.35. The molecule has 8 nitrogen and oxygen atoms in total. The molecule has 0 unspecified atom stereocenters. The standard InChI is InChI=1S/C25H26N2O6S/c1-25(2,3)33-24(28)27-10-8-21-19(14-27)18-12-17(13-22(31-4)23(18)32-21)34(29,30)16-5-6-20-15(11-16)7-9-26-20/h5-7,9,11-13,26H,8,10,14H2,1-4H3. The smallest absolute Gasteiger partial charge is 0.410 e. The van der Waals surface area contributed by atoms with E-state index >= 15 is 0 Å². The number of fused-ring (bicyclic) bond motifs is 4. The van der Waals surface area contributed by atoms with Crippen LogP contribution in [0.2, 0.25) is 0 Å². The molecule has 1 aliphatic heterocycles. The Bertz CT molecular complexity index is 1520. The van der Waals surface area contributed by atoms with Gasteiger partial charge in [0.1, 0.15) is 11.4 Å². The predicted molar refractivity (Wildman–Crippen MR) is 127 cm³/mol. The van der Waals surface area contributed by atoms with Gasteiger partial charge < -0.3 is 23.8 Å². The van der Waals surface area contributed by atoms with Gasteiger partial charge in [0, 0.05) is 47.1 Å². The zero-order chi connectivity index (χ0) is 24.3. The molecule has 0 saturated carbocycles. The summed E-state index contributed by atoms with van der Waals surface area (Å²) in [6, 6.07) is 9.90. The van der Waals surface area contributed by atoms with Gasteiger partial charge in [-0.25, -0.2) is 13.2 Å². The minimum atomic E-state index is -3.83. The number of rotatable bonds is 3. The second kappa shape index (κ2) is 7.80. The molecule has 0 atom stereocenters. The molecule has 2 aromatic heterocycles. The summed E-state index contributed by atoms with van der Waals surface area (Å²) < 4.78 is 44.2. The van der Waals surface area contributed by atoms with Crippen molar-refractivity contribution in [3.63, 3.8) is 0 Å². The first-order valence-electron chi connectivity index (χ1n) is 11.0. The molecule has 0 radical (unpaired) electrons. The van der Waals surface area contributed by atoms with Crippen LogP contribution in [0.5, 0.6) is 5.75 Å². The Labute approximate surface area is 197 Å². The van der Waals surface area contributed by atoms with Gasteiger partial charge in [0.15, 0.2) is 11.3 Å². The number of aromatic nitrogens is 1. The van der Waals surface area contributed by atoms with E-state index in [0.29, 0.717) is 29.7 Å². The number of ether oxygens (including phenoxy) is 2. The third kappa shape index (κ3) is 3.79. The number of furan rings is 1. The van der Waals surface area contributed by atoms with Crippen LogP contribution in [-0.4, -0.2) is 43.7 Å². The van der Waals surface area contributed by atoms with Crippen molar-refractivity contribution in [2.45, 2.75) is 49.1 Å². The third-order valence-electron chi connectivity index (χ3n) is 5.89. The van der Waals surface area contributed by atoms with Gasteiger partial charge in [0.2, 0.25) is 9.84 Å². The fourth-order valence-corrected chi connectivity index (χ4v) is 5.58. The number of hydrogen-bond acceptors (Lipinski definition) is 6. The summed E-state index contributed by atoms with van der Waals surface area (Å²) in [5.74, 6) is 1.05. The summed E-state index contributed by atoms with van der Waals surface area (Å²) in [5.41, 5.74) is 1.49. The van der Waals surface area contributed by atoms with E-state index in [1.54, 1.807) is 35.4 Å². The van der Waals surface area contributed by atoms with Crippen LogP contribution < -0.4 is 4.74 Å². The SMILES string of the molecule is COc1cc(S(=O)(=O)c2ccc3[nH]ccc3c2)cc2c3c(oc12)CCN(C(=O)OC(C)(C)C)C3. The highest BCUT2D eigenvalue weighted by Gasteiger charge is 2.31.